The molecular weight excluding hydrogens is 312 g/mol. The molecule has 0 fully saturated rings. The van der Waals surface area contributed by atoms with Crippen molar-refractivity contribution in [3.8, 4) is 0 Å². The minimum atomic E-state index is -0.213. The van der Waals surface area contributed by atoms with Gasteiger partial charge in [0.2, 0.25) is 0 Å². The van der Waals surface area contributed by atoms with Crippen LogP contribution in [-0.2, 0) is 5.41 Å². The number of fused-ring (bicyclic) bond motifs is 1. The summed E-state index contributed by atoms with van der Waals surface area (Å²) in [5, 5.41) is 0. The summed E-state index contributed by atoms with van der Waals surface area (Å²) in [6.07, 6.45) is 15.4. The highest BCUT2D eigenvalue weighted by molar-refractivity contribution is 5.90. The van der Waals surface area contributed by atoms with Crippen LogP contribution in [0.4, 0.5) is 0 Å². The van der Waals surface area contributed by atoms with E-state index in [0.717, 1.165) is 12.8 Å². The lowest BCUT2D eigenvalue weighted by Crippen LogP contribution is -2.29. The maximum Gasteiger partial charge on any atom is 0.0670 e. The summed E-state index contributed by atoms with van der Waals surface area (Å²) >= 11 is 0. The van der Waals surface area contributed by atoms with Gasteiger partial charge >= 0.3 is 0 Å². The van der Waals surface area contributed by atoms with Crippen molar-refractivity contribution in [2.45, 2.75) is 25.2 Å². The van der Waals surface area contributed by atoms with Crippen LogP contribution in [0, 0.1) is 0 Å². The van der Waals surface area contributed by atoms with Crippen molar-refractivity contribution < 1.29 is 0 Å². The fraction of sp³-hybridized carbons (Fsp3) is 0.154. The largest absolute Gasteiger partial charge is 0.0991 e. The van der Waals surface area contributed by atoms with E-state index in [-0.39, 0.29) is 5.41 Å². The van der Waals surface area contributed by atoms with Crippen molar-refractivity contribution in [1.29, 1.82) is 0 Å². The molecule has 1 atom stereocenters. The number of hydrogen-bond acceptors (Lipinski definition) is 0. The second-order valence-corrected chi connectivity index (χ2v) is 6.93. The molecule has 2 aromatic rings. The predicted molar refractivity (Wildman–Crippen MR) is 112 cm³/mol. The molecule has 0 radical (unpaired) electrons. The van der Waals surface area contributed by atoms with Crippen molar-refractivity contribution in [3.63, 3.8) is 0 Å². The molecule has 4 rings (SSSR count). The van der Waals surface area contributed by atoms with Gasteiger partial charge in [0.05, 0.1) is 5.41 Å². The van der Waals surface area contributed by atoms with E-state index in [9.17, 15) is 0 Å². The summed E-state index contributed by atoms with van der Waals surface area (Å²) in [4.78, 5) is 0. The van der Waals surface area contributed by atoms with Gasteiger partial charge in [-0.05, 0) is 53.2 Å². The number of allylic oxidation sites excluding steroid dienone is 9. The fourth-order valence-electron chi connectivity index (χ4n) is 4.52. The summed E-state index contributed by atoms with van der Waals surface area (Å²) in [5.74, 6) is 0. The van der Waals surface area contributed by atoms with Crippen LogP contribution in [0.1, 0.15) is 36.5 Å². The zero-order valence-corrected chi connectivity index (χ0v) is 15.3. The normalized spacial score (nSPS) is 21.8. The molecule has 2 aliphatic carbocycles. The van der Waals surface area contributed by atoms with E-state index in [0.29, 0.717) is 0 Å². The number of rotatable bonds is 4. The average molecular weight is 336 g/mol. The topological polar surface area (TPSA) is 0 Å². The van der Waals surface area contributed by atoms with Gasteiger partial charge in [-0.3, -0.25) is 0 Å². The first-order valence-electron chi connectivity index (χ1n) is 9.33. The lowest BCUT2D eigenvalue weighted by atomic mass is 9.66. The molecule has 2 aliphatic rings. The molecule has 0 N–H and O–H groups in total. The van der Waals surface area contributed by atoms with Crippen molar-refractivity contribution in [2.24, 2.45) is 0 Å². The van der Waals surface area contributed by atoms with E-state index in [2.05, 4.69) is 92.4 Å². The smallest absolute Gasteiger partial charge is 0.0670 e. The highest BCUT2D eigenvalue weighted by atomic mass is 14.5. The predicted octanol–water partition coefficient (Wildman–Crippen LogP) is 6.78. The summed E-state index contributed by atoms with van der Waals surface area (Å²) in [6.45, 7) is 6.15. The number of hydrogen-bond donors (Lipinski definition) is 0. The monoisotopic (exact) mass is 336 g/mol. The molecule has 0 spiro atoms. The van der Waals surface area contributed by atoms with Gasteiger partial charge in [-0.1, -0.05) is 97.6 Å². The van der Waals surface area contributed by atoms with Crippen LogP contribution in [0.2, 0.25) is 0 Å². The first-order chi connectivity index (χ1) is 12.8. The Morgan fingerprint density at radius 1 is 0.962 bits per heavy atom. The standard InChI is InChI=1S/C26H24/c1-3-4-17-23-20(2)26(21-13-7-5-8-14-21,22-15-9-6-10-16-22)25-19-12-11-18-24(23)25/h3-5,7-9,11-19H,1,6,10H2,2H3/b17-4-. The Kier molecular flexibility index (Phi) is 4.34. The number of benzene rings is 2. The van der Waals surface area contributed by atoms with E-state index in [4.69, 9.17) is 0 Å². The maximum absolute atomic E-state index is 3.86. The van der Waals surface area contributed by atoms with Crippen LogP contribution in [0.15, 0.2) is 109 Å². The summed E-state index contributed by atoms with van der Waals surface area (Å²) in [5.41, 5.74) is 7.92. The Balaban J connectivity index is 2.09. The summed E-state index contributed by atoms with van der Waals surface area (Å²) < 4.78 is 0. The molecule has 26 heavy (non-hydrogen) atoms. The van der Waals surface area contributed by atoms with E-state index in [1.807, 2.05) is 12.2 Å². The van der Waals surface area contributed by atoms with Crippen LogP contribution in [-0.4, -0.2) is 0 Å². The maximum atomic E-state index is 3.86. The molecule has 0 heterocycles. The fourth-order valence-corrected chi connectivity index (χ4v) is 4.52. The average Bonchev–Trinajstić information content (AvgIpc) is 2.96. The van der Waals surface area contributed by atoms with Crippen molar-refractivity contribution in [3.05, 3.63) is 125 Å². The van der Waals surface area contributed by atoms with Crippen LogP contribution in [0.3, 0.4) is 0 Å². The van der Waals surface area contributed by atoms with Crippen LogP contribution in [0.25, 0.3) is 5.57 Å². The molecular formula is C26H24. The molecule has 0 heteroatoms. The minimum absolute atomic E-state index is 0.213. The molecule has 0 saturated carbocycles. The molecule has 0 aliphatic heterocycles. The van der Waals surface area contributed by atoms with E-state index in [1.54, 1.807) is 0 Å². The van der Waals surface area contributed by atoms with E-state index < -0.39 is 0 Å². The zero-order chi connectivity index (χ0) is 18.0. The summed E-state index contributed by atoms with van der Waals surface area (Å²) in [6, 6.07) is 19.8. The Hall–Kier alpha value is -2.86. The third kappa shape index (κ3) is 2.37. The molecule has 0 nitrogen and oxygen atoms in total. The van der Waals surface area contributed by atoms with Crippen molar-refractivity contribution >= 4 is 5.57 Å². The Labute approximate surface area is 156 Å². The molecule has 2 aromatic carbocycles. The van der Waals surface area contributed by atoms with Crippen LogP contribution < -0.4 is 0 Å². The molecule has 0 amide bonds. The molecule has 0 aromatic heterocycles. The van der Waals surface area contributed by atoms with Gasteiger partial charge in [0.1, 0.15) is 0 Å². The molecule has 0 bridgehead atoms. The third-order valence-corrected chi connectivity index (χ3v) is 5.62. The first-order valence-corrected chi connectivity index (χ1v) is 9.33. The van der Waals surface area contributed by atoms with Gasteiger partial charge in [-0.15, -0.1) is 0 Å². The quantitative estimate of drug-likeness (QED) is 0.540. The highest BCUT2D eigenvalue weighted by Gasteiger charge is 2.45. The van der Waals surface area contributed by atoms with E-state index >= 15 is 0 Å². The summed E-state index contributed by atoms with van der Waals surface area (Å²) in [7, 11) is 0. The third-order valence-electron chi connectivity index (χ3n) is 5.62. The highest BCUT2D eigenvalue weighted by Crippen LogP contribution is 2.55. The van der Waals surface area contributed by atoms with Gasteiger partial charge in [0.25, 0.3) is 0 Å². The minimum Gasteiger partial charge on any atom is -0.0991 e. The Morgan fingerprint density at radius 3 is 2.46 bits per heavy atom. The SMILES string of the molecule is C=C/C=C\C1=C(C)C(C2=CCCC=C2)(c2ccccc2)c2ccccc21. The lowest BCUT2D eigenvalue weighted by Gasteiger charge is -2.36. The molecule has 0 saturated heterocycles. The second kappa shape index (κ2) is 6.80. The van der Waals surface area contributed by atoms with Crippen molar-refractivity contribution in [1.82, 2.24) is 0 Å². The van der Waals surface area contributed by atoms with E-state index in [1.165, 1.54) is 33.4 Å². The first kappa shape index (κ1) is 16.6. The molecule has 128 valence electrons. The van der Waals surface area contributed by atoms with Gasteiger partial charge in [0, 0.05) is 0 Å². The van der Waals surface area contributed by atoms with Gasteiger partial charge < -0.3 is 0 Å². The van der Waals surface area contributed by atoms with Crippen LogP contribution in [0.5, 0.6) is 0 Å². The van der Waals surface area contributed by atoms with Gasteiger partial charge in [0.15, 0.2) is 0 Å². The second-order valence-electron chi connectivity index (χ2n) is 6.93. The van der Waals surface area contributed by atoms with Crippen LogP contribution >= 0.6 is 0 Å². The zero-order valence-electron chi connectivity index (χ0n) is 15.3. The Morgan fingerprint density at radius 2 is 1.73 bits per heavy atom. The van der Waals surface area contributed by atoms with Gasteiger partial charge in [-0.2, -0.15) is 0 Å². The molecule has 1 unspecified atom stereocenters. The van der Waals surface area contributed by atoms with Crippen molar-refractivity contribution in [2.75, 3.05) is 0 Å². The Bertz CT molecular complexity index is 951. The van der Waals surface area contributed by atoms with Gasteiger partial charge in [-0.25, -0.2) is 0 Å². The lowest BCUT2D eigenvalue weighted by molar-refractivity contribution is 0.728.